The van der Waals surface area contributed by atoms with Gasteiger partial charge in [-0.25, -0.2) is 9.37 Å². The standard InChI is InChI=1S/C22H25FN4O2S.C3H6O/c1-3-14-13-15(5-10-18(14)23)19(28)20-21(24)27-22(30-20)26-16-6-8-17(9-7-16)29-12-11-25-4-2;1-3(2)4/h5-10,13,25H,3-4,11-12,24H2,1-2H3,(H,26,27);1-2H3. The molecule has 34 heavy (non-hydrogen) atoms. The lowest BCUT2D eigenvalue weighted by Gasteiger charge is -2.07. The highest BCUT2D eigenvalue weighted by atomic mass is 32.1. The zero-order valence-corrected chi connectivity index (χ0v) is 20.7. The summed E-state index contributed by atoms with van der Waals surface area (Å²) in [6, 6.07) is 11.8. The van der Waals surface area contributed by atoms with Crippen LogP contribution in [-0.2, 0) is 11.2 Å². The molecule has 0 atom stereocenters. The first kappa shape index (κ1) is 26.9. The molecule has 0 spiro atoms. The Balaban J connectivity index is 0.000000945. The first-order valence-corrected chi connectivity index (χ1v) is 11.8. The van der Waals surface area contributed by atoms with Crippen LogP contribution in [0.25, 0.3) is 0 Å². The van der Waals surface area contributed by atoms with Crippen LogP contribution >= 0.6 is 11.3 Å². The number of aromatic nitrogens is 1. The number of nitrogen functional groups attached to an aromatic ring is 1. The maximum absolute atomic E-state index is 13.7. The van der Waals surface area contributed by atoms with E-state index < -0.39 is 0 Å². The van der Waals surface area contributed by atoms with Crippen molar-refractivity contribution in [1.82, 2.24) is 10.3 Å². The van der Waals surface area contributed by atoms with Crippen molar-refractivity contribution in [3.63, 3.8) is 0 Å². The van der Waals surface area contributed by atoms with Crippen molar-refractivity contribution >= 4 is 39.5 Å². The molecule has 0 radical (unpaired) electrons. The molecule has 0 fully saturated rings. The van der Waals surface area contributed by atoms with E-state index in [1.165, 1.54) is 37.3 Å². The van der Waals surface area contributed by atoms with E-state index >= 15 is 0 Å². The Labute approximate surface area is 203 Å². The maximum Gasteiger partial charge on any atom is 0.206 e. The van der Waals surface area contributed by atoms with Crippen molar-refractivity contribution in [2.24, 2.45) is 0 Å². The number of rotatable bonds is 10. The summed E-state index contributed by atoms with van der Waals surface area (Å²) in [7, 11) is 0. The van der Waals surface area contributed by atoms with Gasteiger partial charge in [-0.15, -0.1) is 0 Å². The average molecular weight is 487 g/mol. The second-order valence-electron chi connectivity index (χ2n) is 7.48. The van der Waals surface area contributed by atoms with Crippen LogP contribution < -0.4 is 21.1 Å². The molecule has 0 aliphatic carbocycles. The topological polar surface area (TPSA) is 106 Å². The number of Topliss-reactive ketones (excluding diaryl/α,β-unsaturated/α-hetero) is 1. The number of nitrogens with one attached hydrogen (secondary N) is 2. The molecule has 0 aliphatic heterocycles. The van der Waals surface area contributed by atoms with Gasteiger partial charge in [0.2, 0.25) is 5.78 Å². The Morgan fingerprint density at radius 2 is 1.79 bits per heavy atom. The summed E-state index contributed by atoms with van der Waals surface area (Å²) >= 11 is 1.17. The number of hydrogen-bond acceptors (Lipinski definition) is 8. The first-order valence-electron chi connectivity index (χ1n) is 11.0. The highest BCUT2D eigenvalue weighted by molar-refractivity contribution is 7.18. The molecule has 0 saturated heterocycles. The minimum Gasteiger partial charge on any atom is -0.492 e. The number of carbonyl (C=O) groups is 2. The summed E-state index contributed by atoms with van der Waals surface area (Å²) in [6.07, 6.45) is 0.507. The van der Waals surface area contributed by atoms with Gasteiger partial charge >= 0.3 is 0 Å². The molecule has 0 amide bonds. The van der Waals surface area contributed by atoms with Crippen LogP contribution in [0.5, 0.6) is 5.75 Å². The molecule has 9 heteroatoms. The van der Waals surface area contributed by atoms with Gasteiger partial charge in [0, 0.05) is 17.8 Å². The van der Waals surface area contributed by atoms with Gasteiger partial charge in [-0.05, 0) is 74.8 Å². The molecular formula is C25H31FN4O3S. The van der Waals surface area contributed by atoms with Gasteiger partial charge in [-0.1, -0.05) is 25.2 Å². The second kappa shape index (κ2) is 13.4. The third-order valence-electron chi connectivity index (χ3n) is 4.45. The monoisotopic (exact) mass is 486 g/mol. The molecule has 182 valence electrons. The Morgan fingerprint density at radius 3 is 2.41 bits per heavy atom. The predicted molar refractivity (Wildman–Crippen MR) is 136 cm³/mol. The van der Waals surface area contributed by atoms with E-state index in [1.54, 1.807) is 6.07 Å². The van der Waals surface area contributed by atoms with Crippen molar-refractivity contribution in [3.05, 3.63) is 64.3 Å². The van der Waals surface area contributed by atoms with Crippen LogP contribution in [0.1, 0.15) is 48.5 Å². The molecule has 0 aliphatic rings. The molecule has 0 unspecified atom stereocenters. The fraction of sp³-hybridized carbons (Fsp3) is 0.320. The lowest BCUT2D eigenvalue weighted by atomic mass is 10.0. The molecule has 3 aromatic rings. The summed E-state index contributed by atoms with van der Waals surface area (Å²) in [5.41, 5.74) is 7.67. The van der Waals surface area contributed by atoms with E-state index in [2.05, 4.69) is 15.6 Å². The van der Waals surface area contributed by atoms with E-state index in [9.17, 15) is 14.0 Å². The Bertz CT molecular complexity index is 1100. The van der Waals surface area contributed by atoms with Crippen molar-refractivity contribution in [1.29, 1.82) is 0 Å². The quantitative estimate of drug-likeness (QED) is 0.274. The van der Waals surface area contributed by atoms with Crippen molar-refractivity contribution in [3.8, 4) is 5.75 Å². The number of nitrogens with zero attached hydrogens (tertiary/aromatic N) is 1. The minimum absolute atomic E-state index is 0.151. The number of carbonyl (C=O) groups excluding carboxylic acids is 2. The third-order valence-corrected chi connectivity index (χ3v) is 5.44. The largest absolute Gasteiger partial charge is 0.492 e. The zero-order chi connectivity index (χ0) is 25.1. The number of halogens is 1. The summed E-state index contributed by atoms with van der Waals surface area (Å²) in [5, 5.41) is 6.86. The van der Waals surface area contributed by atoms with Crippen LogP contribution in [0.4, 0.5) is 21.0 Å². The molecule has 1 heterocycles. The highest BCUT2D eigenvalue weighted by Crippen LogP contribution is 2.30. The van der Waals surface area contributed by atoms with Gasteiger partial charge in [-0.3, -0.25) is 4.79 Å². The summed E-state index contributed by atoms with van der Waals surface area (Å²) < 4.78 is 19.4. The Morgan fingerprint density at radius 1 is 1.12 bits per heavy atom. The van der Waals surface area contributed by atoms with Crippen LogP contribution in [0, 0.1) is 5.82 Å². The molecule has 0 bridgehead atoms. The number of ether oxygens (including phenoxy) is 1. The van der Waals surface area contributed by atoms with Crippen LogP contribution in [-0.4, -0.2) is 36.2 Å². The first-order chi connectivity index (χ1) is 16.2. The minimum atomic E-state index is -0.317. The van der Waals surface area contributed by atoms with Gasteiger partial charge in [-0.2, -0.15) is 0 Å². The van der Waals surface area contributed by atoms with E-state index in [4.69, 9.17) is 10.5 Å². The molecule has 7 nitrogen and oxygen atoms in total. The van der Waals surface area contributed by atoms with Gasteiger partial charge < -0.3 is 25.9 Å². The third kappa shape index (κ3) is 8.24. The van der Waals surface area contributed by atoms with Gasteiger partial charge in [0.15, 0.2) is 5.13 Å². The van der Waals surface area contributed by atoms with Gasteiger partial charge in [0.05, 0.1) is 0 Å². The highest BCUT2D eigenvalue weighted by Gasteiger charge is 2.19. The maximum atomic E-state index is 13.7. The number of anilines is 3. The van der Waals surface area contributed by atoms with Crippen molar-refractivity contribution in [2.75, 3.05) is 30.7 Å². The van der Waals surface area contributed by atoms with E-state index in [0.717, 1.165) is 24.5 Å². The van der Waals surface area contributed by atoms with Crippen LogP contribution in [0.3, 0.4) is 0 Å². The lowest BCUT2D eigenvalue weighted by Crippen LogP contribution is -2.20. The van der Waals surface area contributed by atoms with Crippen molar-refractivity contribution < 1.29 is 18.7 Å². The van der Waals surface area contributed by atoms with E-state index in [1.807, 2.05) is 38.1 Å². The molecular weight excluding hydrogens is 455 g/mol. The smallest absolute Gasteiger partial charge is 0.206 e. The van der Waals surface area contributed by atoms with Crippen LogP contribution in [0.2, 0.25) is 0 Å². The molecule has 3 rings (SSSR count). The Hall–Kier alpha value is -3.30. The second-order valence-corrected chi connectivity index (χ2v) is 8.48. The predicted octanol–water partition coefficient (Wildman–Crippen LogP) is 4.99. The molecule has 4 N–H and O–H groups in total. The van der Waals surface area contributed by atoms with Gasteiger partial charge in [0.25, 0.3) is 0 Å². The molecule has 2 aromatic carbocycles. The van der Waals surface area contributed by atoms with Crippen molar-refractivity contribution in [2.45, 2.75) is 34.1 Å². The number of thiazole rings is 1. The summed E-state index contributed by atoms with van der Waals surface area (Å²) in [5.74, 6) is 0.509. The zero-order valence-electron chi connectivity index (χ0n) is 19.9. The number of nitrogens with two attached hydrogens (primary N) is 1. The average Bonchev–Trinajstić information content (AvgIpc) is 3.17. The number of benzene rings is 2. The Kier molecular flexibility index (Phi) is 10.6. The summed E-state index contributed by atoms with van der Waals surface area (Å²) in [4.78, 5) is 26.9. The number of ketones is 2. The molecule has 0 saturated carbocycles. The number of aryl methyl sites for hydroxylation is 1. The fourth-order valence-corrected chi connectivity index (χ4v) is 3.71. The van der Waals surface area contributed by atoms with Crippen LogP contribution in [0.15, 0.2) is 42.5 Å². The lowest BCUT2D eigenvalue weighted by molar-refractivity contribution is -0.115. The normalized spacial score (nSPS) is 10.3. The van der Waals surface area contributed by atoms with E-state index in [0.29, 0.717) is 34.2 Å². The number of likely N-dealkylation sites (N-methyl/N-ethyl adjacent to an activating group) is 1. The SMILES string of the molecule is CC(C)=O.CCNCCOc1ccc(Nc2nc(N)c(C(=O)c3ccc(F)c(CC)c3)s2)cc1. The number of hydrogen-bond donors (Lipinski definition) is 3. The summed E-state index contributed by atoms with van der Waals surface area (Å²) in [6.45, 7) is 9.24. The molecule has 1 aromatic heterocycles. The fourth-order valence-electron chi connectivity index (χ4n) is 2.84. The van der Waals surface area contributed by atoms with E-state index in [-0.39, 0.29) is 23.2 Å². The van der Waals surface area contributed by atoms with Gasteiger partial charge in [0.1, 0.15) is 34.7 Å².